The standard InChI is InChI=1S/C11H14O4/c1-15-11(14)9-7-4-2-6(3-5-7)8(9)10(12)13/h2,4,6-9H,3,5H2,1H3,(H,12,13)/t6-,7?,8+,9?/m0/s1. The van der Waals surface area contributed by atoms with E-state index in [-0.39, 0.29) is 17.8 Å². The van der Waals surface area contributed by atoms with E-state index in [1.54, 1.807) is 0 Å². The largest absolute Gasteiger partial charge is 0.481 e. The van der Waals surface area contributed by atoms with Crippen LogP contribution in [0.25, 0.3) is 0 Å². The molecule has 0 heterocycles. The molecule has 0 saturated heterocycles. The van der Waals surface area contributed by atoms with Gasteiger partial charge in [0.2, 0.25) is 0 Å². The highest BCUT2D eigenvalue weighted by atomic mass is 16.5. The second-order valence-corrected chi connectivity index (χ2v) is 4.20. The number of hydrogen-bond donors (Lipinski definition) is 1. The Labute approximate surface area is 87.9 Å². The van der Waals surface area contributed by atoms with Crippen LogP contribution in [0.15, 0.2) is 12.2 Å². The van der Waals surface area contributed by atoms with Gasteiger partial charge in [-0.25, -0.2) is 0 Å². The van der Waals surface area contributed by atoms with Crippen molar-refractivity contribution in [1.29, 1.82) is 0 Å². The van der Waals surface area contributed by atoms with E-state index in [0.717, 1.165) is 12.8 Å². The van der Waals surface area contributed by atoms with Crippen molar-refractivity contribution >= 4 is 11.9 Å². The molecule has 0 spiro atoms. The van der Waals surface area contributed by atoms with Gasteiger partial charge in [-0.05, 0) is 24.7 Å². The molecule has 3 rings (SSSR count). The molecule has 82 valence electrons. The minimum Gasteiger partial charge on any atom is -0.481 e. The summed E-state index contributed by atoms with van der Waals surface area (Å²) in [6.45, 7) is 0. The topological polar surface area (TPSA) is 63.6 Å². The highest BCUT2D eigenvalue weighted by Gasteiger charge is 2.48. The minimum atomic E-state index is -0.885. The normalized spacial score (nSPS) is 37.7. The maximum absolute atomic E-state index is 11.6. The first-order valence-electron chi connectivity index (χ1n) is 5.14. The summed E-state index contributed by atoms with van der Waals surface area (Å²) in [4.78, 5) is 22.7. The first-order valence-corrected chi connectivity index (χ1v) is 5.14. The maximum atomic E-state index is 11.6. The van der Waals surface area contributed by atoms with Crippen LogP contribution in [0, 0.1) is 23.7 Å². The Morgan fingerprint density at radius 1 is 1.20 bits per heavy atom. The van der Waals surface area contributed by atoms with Crippen LogP contribution in [0.5, 0.6) is 0 Å². The summed E-state index contributed by atoms with van der Waals surface area (Å²) in [6.07, 6.45) is 5.66. The van der Waals surface area contributed by atoms with Crippen LogP contribution < -0.4 is 0 Å². The molecule has 0 aromatic heterocycles. The predicted molar refractivity (Wildman–Crippen MR) is 52.0 cm³/mol. The minimum absolute atomic E-state index is 0.00315. The van der Waals surface area contributed by atoms with E-state index in [2.05, 4.69) is 4.74 Å². The van der Waals surface area contributed by atoms with Gasteiger partial charge in [-0.1, -0.05) is 12.2 Å². The van der Waals surface area contributed by atoms with Crippen LogP contribution in [0.1, 0.15) is 12.8 Å². The van der Waals surface area contributed by atoms with Crippen molar-refractivity contribution < 1.29 is 19.4 Å². The monoisotopic (exact) mass is 210 g/mol. The number of ether oxygens (including phenoxy) is 1. The molecule has 0 radical (unpaired) electrons. The van der Waals surface area contributed by atoms with Crippen molar-refractivity contribution in [3.63, 3.8) is 0 Å². The third-order valence-corrected chi connectivity index (χ3v) is 3.51. The second-order valence-electron chi connectivity index (χ2n) is 4.20. The first kappa shape index (κ1) is 10.2. The van der Waals surface area contributed by atoms with Gasteiger partial charge in [-0.2, -0.15) is 0 Å². The van der Waals surface area contributed by atoms with Crippen molar-refractivity contribution in [2.45, 2.75) is 12.8 Å². The summed E-state index contributed by atoms with van der Waals surface area (Å²) in [5.41, 5.74) is 0. The van der Waals surface area contributed by atoms with E-state index in [1.807, 2.05) is 12.2 Å². The van der Waals surface area contributed by atoms with Crippen molar-refractivity contribution in [3.8, 4) is 0 Å². The van der Waals surface area contributed by atoms with Gasteiger partial charge in [-0.15, -0.1) is 0 Å². The van der Waals surface area contributed by atoms with Crippen molar-refractivity contribution in [2.75, 3.05) is 7.11 Å². The van der Waals surface area contributed by atoms with Gasteiger partial charge in [0.25, 0.3) is 0 Å². The highest BCUT2D eigenvalue weighted by molar-refractivity contribution is 5.82. The van der Waals surface area contributed by atoms with Gasteiger partial charge in [0, 0.05) is 0 Å². The number of rotatable bonds is 2. The van der Waals surface area contributed by atoms with Crippen molar-refractivity contribution in [2.24, 2.45) is 23.7 Å². The van der Waals surface area contributed by atoms with Gasteiger partial charge >= 0.3 is 11.9 Å². The van der Waals surface area contributed by atoms with Gasteiger partial charge in [-0.3, -0.25) is 9.59 Å². The Hall–Kier alpha value is -1.32. The molecule has 1 saturated carbocycles. The van der Waals surface area contributed by atoms with Gasteiger partial charge < -0.3 is 9.84 Å². The van der Waals surface area contributed by atoms with E-state index in [4.69, 9.17) is 5.11 Å². The van der Waals surface area contributed by atoms with Crippen molar-refractivity contribution in [3.05, 3.63) is 12.2 Å². The van der Waals surface area contributed by atoms with E-state index in [0.29, 0.717) is 0 Å². The van der Waals surface area contributed by atoms with Crippen LogP contribution >= 0.6 is 0 Å². The lowest BCUT2D eigenvalue weighted by molar-refractivity contribution is -0.162. The predicted octanol–water partition coefficient (Wildman–Crippen LogP) is 1.07. The number of fused-ring (bicyclic) bond motifs is 2. The molecule has 0 aliphatic heterocycles. The fourth-order valence-corrected chi connectivity index (χ4v) is 2.79. The number of methoxy groups -OCH3 is 1. The van der Waals surface area contributed by atoms with Crippen molar-refractivity contribution in [1.82, 2.24) is 0 Å². The molecule has 2 unspecified atom stereocenters. The Kier molecular flexibility index (Phi) is 2.50. The Balaban J connectivity index is 2.30. The molecular weight excluding hydrogens is 196 g/mol. The van der Waals surface area contributed by atoms with Crippen LogP contribution in [0.3, 0.4) is 0 Å². The van der Waals surface area contributed by atoms with Crippen LogP contribution in [0.4, 0.5) is 0 Å². The number of carbonyl (C=O) groups excluding carboxylic acids is 1. The lowest BCUT2D eigenvalue weighted by Gasteiger charge is -2.41. The molecule has 4 heteroatoms. The third kappa shape index (κ3) is 1.54. The van der Waals surface area contributed by atoms with E-state index < -0.39 is 17.8 Å². The Morgan fingerprint density at radius 2 is 1.73 bits per heavy atom. The Morgan fingerprint density at radius 3 is 2.13 bits per heavy atom. The number of esters is 1. The lowest BCUT2D eigenvalue weighted by Crippen LogP contribution is -2.45. The van der Waals surface area contributed by atoms with E-state index >= 15 is 0 Å². The van der Waals surface area contributed by atoms with E-state index in [9.17, 15) is 9.59 Å². The number of hydrogen-bond acceptors (Lipinski definition) is 3. The van der Waals surface area contributed by atoms with Gasteiger partial charge in [0.15, 0.2) is 0 Å². The first-order chi connectivity index (χ1) is 7.15. The average Bonchev–Trinajstić information content (AvgIpc) is 2.28. The molecule has 0 amide bonds. The molecule has 1 fully saturated rings. The zero-order valence-corrected chi connectivity index (χ0v) is 8.55. The molecule has 0 aromatic rings. The Bertz CT molecular complexity index is 321. The average molecular weight is 210 g/mol. The molecule has 4 nitrogen and oxygen atoms in total. The summed E-state index contributed by atoms with van der Waals surface area (Å²) in [6, 6.07) is 0. The summed E-state index contributed by atoms with van der Waals surface area (Å²) in [5.74, 6) is -2.32. The number of carboxylic acid groups (broad SMARTS) is 1. The summed E-state index contributed by atoms with van der Waals surface area (Å²) >= 11 is 0. The van der Waals surface area contributed by atoms with Crippen LogP contribution in [0.2, 0.25) is 0 Å². The molecule has 4 atom stereocenters. The van der Waals surface area contributed by atoms with Crippen LogP contribution in [-0.4, -0.2) is 24.2 Å². The fraction of sp³-hybridized carbons (Fsp3) is 0.636. The zero-order valence-electron chi connectivity index (χ0n) is 8.55. The number of aliphatic carboxylic acids is 1. The molecule has 15 heavy (non-hydrogen) atoms. The van der Waals surface area contributed by atoms with E-state index in [1.165, 1.54) is 7.11 Å². The summed E-state index contributed by atoms with van der Waals surface area (Å²) in [5, 5.41) is 9.13. The summed E-state index contributed by atoms with van der Waals surface area (Å²) < 4.78 is 4.69. The SMILES string of the molecule is COC(=O)C1C2C=C[C@@H](CC2)[C@H]1C(=O)O. The summed E-state index contributed by atoms with van der Waals surface area (Å²) in [7, 11) is 1.31. The highest BCUT2D eigenvalue weighted by Crippen LogP contribution is 2.45. The molecular formula is C11H14O4. The zero-order chi connectivity index (χ0) is 11.0. The maximum Gasteiger partial charge on any atom is 0.310 e. The molecule has 2 bridgehead atoms. The fourth-order valence-electron chi connectivity index (χ4n) is 2.79. The quantitative estimate of drug-likeness (QED) is 0.547. The van der Waals surface area contributed by atoms with Crippen LogP contribution in [-0.2, 0) is 14.3 Å². The second kappa shape index (κ2) is 3.68. The van der Waals surface area contributed by atoms with Gasteiger partial charge in [0.1, 0.15) is 0 Å². The molecule has 1 N–H and O–H groups in total. The smallest absolute Gasteiger partial charge is 0.310 e. The number of carbonyl (C=O) groups is 2. The lowest BCUT2D eigenvalue weighted by atomic mass is 9.62. The molecule has 3 aliphatic rings. The van der Waals surface area contributed by atoms with Gasteiger partial charge in [0.05, 0.1) is 18.9 Å². The number of carboxylic acids is 1. The number of allylic oxidation sites excluding steroid dienone is 2. The molecule has 3 aliphatic carbocycles. The third-order valence-electron chi connectivity index (χ3n) is 3.51. The molecule has 0 aromatic carbocycles.